The third-order valence-electron chi connectivity index (χ3n) is 4.37. The van der Waals surface area contributed by atoms with E-state index in [0.717, 1.165) is 11.3 Å². The van der Waals surface area contributed by atoms with Crippen LogP contribution in [0.15, 0.2) is 58.8 Å². The number of nitrogens with one attached hydrogen (secondary N) is 2. The summed E-state index contributed by atoms with van der Waals surface area (Å²) in [5.41, 5.74) is 2.08. The molecule has 0 bridgehead atoms. The molecule has 1 heterocycles. The Bertz CT molecular complexity index is 926. The summed E-state index contributed by atoms with van der Waals surface area (Å²) >= 11 is 0. The Labute approximate surface area is 162 Å². The summed E-state index contributed by atoms with van der Waals surface area (Å²) in [6.45, 7) is 0.375. The molecular weight excluding hydrogens is 360 g/mol. The minimum atomic E-state index is -0.760. The van der Waals surface area contributed by atoms with E-state index in [0.29, 0.717) is 24.1 Å². The summed E-state index contributed by atoms with van der Waals surface area (Å²) in [4.78, 5) is 35.8. The highest BCUT2D eigenvalue weighted by Gasteiger charge is 2.24. The van der Waals surface area contributed by atoms with Crippen molar-refractivity contribution in [3.05, 3.63) is 65.2 Å². The molecule has 0 aliphatic carbocycles. The van der Waals surface area contributed by atoms with E-state index in [-0.39, 0.29) is 6.54 Å². The Morgan fingerprint density at radius 2 is 1.75 bits per heavy atom. The van der Waals surface area contributed by atoms with Crippen molar-refractivity contribution in [3.8, 4) is 5.75 Å². The molecule has 8 heteroatoms. The number of hydrogen-bond acceptors (Lipinski definition) is 5. The summed E-state index contributed by atoms with van der Waals surface area (Å²) in [6, 6.07) is 13.9. The van der Waals surface area contributed by atoms with Crippen molar-refractivity contribution in [2.24, 2.45) is 10.2 Å². The Kier molecular flexibility index (Phi) is 6.11. The molecule has 1 aliphatic heterocycles. The van der Waals surface area contributed by atoms with Crippen LogP contribution < -0.4 is 15.4 Å². The monoisotopic (exact) mass is 380 g/mol. The molecule has 0 saturated heterocycles. The van der Waals surface area contributed by atoms with Gasteiger partial charge in [0.05, 0.1) is 7.11 Å². The van der Waals surface area contributed by atoms with Gasteiger partial charge in [0.2, 0.25) is 0 Å². The maximum atomic E-state index is 12.0. The zero-order valence-electron chi connectivity index (χ0n) is 15.3. The zero-order chi connectivity index (χ0) is 19.9. The Morgan fingerprint density at radius 3 is 2.57 bits per heavy atom. The van der Waals surface area contributed by atoms with E-state index < -0.39 is 23.8 Å². The fourth-order valence-corrected chi connectivity index (χ4v) is 2.94. The average Bonchev–Trinajstić information content (AvgIpc) is 2.73. The molecule has 1 aliphatic rings. The van der Waals surface area contributed by atoms with Crippen LogP contribution >= 0.6 is 0 Å². The number of nitrogens with zero attached hydrogens (tertiary/aromatic N) is 2. The Balaban J connectivity index is 1.49. The Morgan fingerprint density at radius 1 is 1.04 bits per heavy atom. The molecule has 8 nitrogen and oxygen atoms in total. The standard InChI is InChI=1S/C20H20N4O4/c1-28-17-9-5-2-6-13(17)10-11-21-19(26)20(27)22-12-16-14-7-3-4-8-15(14)18(25)24-23-16/h2-9,16H,10-12H2,1H3,(H,21,26)(H,22,27). The highest BCUT2D eigenvalue weighted by molar-refractivity contribution is 6.35. The molecule has 28 heavy (non-hydrogen) atoms. The van der Waals surface area contributed by atoms with Crippen LogP contribution in [-0.2, 0) is 16.0 Å². The third kappa shape index (κ3) is 4.40. The van der Waals surface area contributed by atoms with E-state index in [2.05, 4.69) is 20.9 Å². The smallest absolute Gasteiger partial charge is 0.309 e. The zero-order valence-corrected chi connectivity index (χ0v) is 15.3. The van der Waals surface area contributed by atoms with E-state index in [1.54, 1.807) is 31.4 Å². The first-order valence-electron chi connectivity index (χ1n) is 8.82. The molecule has 0 spiro atoms. The summed E-state index contributed by atoms with van der Waals surface area (Å²) in [5.74, 6) is -1.17. The third-order valence-corrected chi connectivity index (χ3v) is 4.37. The lowest BCUT2D eigenvalue weighted by molar-refractivity contribution is -0.139. The van der Waals surface area contributed by atoms with E-state index in [1.807, 2.05) is 24.3 Å². The van der Waals surface area contributed by atoms with E-state index >= 15 is 0 Å². The number of ether oxygens (including phenoxy) is 1. The fraction of sp³-hybridized carbons (Fsp3) is 0.250. The molecule has 144 valence electrons. The van der Waals surface area contributed by atoms with Crippen molar-refractivity contribution < 1.29 is 19.1 Å². The van der Waals surface area contributed by atoms with Crippen LogP contribution in [0.1, 0.15) is 27.5 Å². The van der Waals surface area contributed by atoms with Gasteiger partial charge >= 0.3 is 11.8 Å². The first kappa shape index (κ1) is 19.2. The second kappa shape index (κ2) is 8.90. The van der Waals surface area contributed by atoms with E-state index in [9.17, 15) is 14.4 Å². The number of azo groups is 1. The molecule has 2 aromatic carbocycles. The van der Waals surface area contributed by atoms with Crippen molar-refractivity contribution in [1.29, 1.82) is 0 Å². The number of rotatable bonds is 6. The second-order valence-electron chi connectivity index (χ2n) is 6.15. The average molecular weight is 380 g/mol. The van der Waals surface area contributed by atoms with Gasteiger partial charge in [-0.3, -0.25) is 14.4 Å². The summed E-state index contributed by atoms with van der Waals surface area (Å²) in [6.07, 6.45) is 0.537. The summed E-state index contributed by atoms with van der Waals surface area (Å²) in [5, 5.41) is 12.6. The molecule has 3 amide bonds. The number of carbonyl (C=O) groups is 3. The first-order valence-corrected chi connectivity index (χ1v) is 8.82. The summed E-state index contributed by atoms with van der Waals surface area (Å²) < 4.78 is 5.26. The molecule has 0 saturated carbocycles. The number of benzene rings is 2. The SMILES string of the molecule is COc1ccccc1CCNC(=O)C(=O)NCC1N=NC(=O)c2ccccc21. The molecule has 2 N–H and O–H groups in total. The van der Waals surface area contributed by atoms with Gasteiger partial charge in [-0.1, -0.05) is 36.4 Å². The molecular formula is C20H20N4O4. The van der Waals surface area contributed by atoms with Crippen LogP contribution in [-0.4, -0.2) is 37.9 Å². The molecule has 2 aromatic rings. The van der Waals surface area contributed by atoms with Gasteiger partial charge in [-0.25, -0.2) is 0 Å². The van der Waals surface area contributed by atoms with Crippen molar-refractivity contribution in [3.63, 3.8) is 0 Å². The van der Waals surface area contributed by atoms with E-state index in [4.69, 9.17) is 4.74 Å². The lowest BCUT2D eigenvalue weighted by Crippen LogP contribution is -2.42. The van der Waals surface area contributed by atoms with Gasteiger partial charge in [-0.05, 0) is 29.7 Å². The number of para-hydroxylation sites is 1. The van der Waals surface area contributed by atoms with Crippen molar-refractivity contribution in [2.75, 3.05) is 20.2 Å². The van der Waals surface area contributed by atoms with Gasteiger partial charge in [0, 0.05) is 18.7 Å². The number of fused-ring (bicyclic) bond motifs is 1. The summed E-state index contributed by atoms with van der Waals surface area (Å²) in [7, 11) is 1.58. The maximum absolute atomic E-state index is 12.0. The number of carbonyl (C=O) groups excluding carboxylic acids is 3. The van der Waals surface area contributed by atoms with Crippen LogP contribution in [0.2, 0.25) is 0 Å². The van der Waals surface area contributed by atoms with Gasteiger partial charge in [-0.2, -0.15) is 5.11 Å². The van der Waals surface area contributed by atoms with Crippen molar-refractivity contribution in [2.45, 2.75) is 12.5 Å². The predicted molar refractivity (Wildman–Crippen MR) is 101 cm³/mol. The molecule has 0 aromatic heterocycles. The van der Waals surface area contributed by atoms with Crippen molar-refractivity contribution in [1.82, 2.24) is 10.6 Å². The number of hydrogen-bond donors (Lipinski definition) is 2. The Hall–Kier alpha value is -3.55. The first-order chi connectivity index (χ1) is 13.6. The molecule has 0 fully saturated rings. The van der Waals surface area contributed by atoms with Gasteiger partial charge in [0.1, 0.15) is 11.8 Å². The largest absolute Gasteiger partial charge is 0.496 e. The lowest BCUT2D eigenvalue weighted by atomic mass is 9.99. The van der Waals surface area contributed by atoms with Gasteiger partial charge in [0.25, 0.3) is 5.91 Å². The predicted octanol–water partition coefficient (Wildman–Crippen LogP) is 1.82. The van der Waals surface area contributed by atoms with Crippen molar-refractivity contribution >= 4 is 17.7 Å². The quantitative estimate of drug-likeness (QED) is 0.745. The highest BCUT2D eigenvalue weighted by atomic mass is 16.5. The second-order valence-corrected chi connectivity index (χ2v) is 6.15. The van der Waals surface area contributed by atoms with Gasteiger partial charge in [0.15, 0.2) is 0 Å². The number of methoxy groups -OCH3 is 1. The van der Waals surface area contributed by atoms with Gasteiger partial charge in [-0.15, -0.1) is 5.11 Å². The molecule has 1 unspecified atom stereocenters. The molecule has 3 rings (SSSR count). The fourth-order valence-electron chi connectivity index (χ4n) is 2.94. The minimum Gasteiger partial charge on any atom is -0.496 e. The van der Waals surface area contributed by atoms with Crippen LogP contribution in [0.5, 0.6) is 5.75 Å². The molecule has 1 atom stereocenters. The normalized spacial score (nSPS) is 14.9. The number of amides is 3. The lowest BCUT2D eigenvalue weighted by Gasteiger charge is -2.18. The minimum absolute atomic E-state index is 0.0759. The maximum Gasteiger partial charge on any atom is 0.309 e. The molecule has 0 radical (unpaired) electrons. The van der Waals surface area contributed by atoms with E-state index in [1.165, 1.54) is 0 Å². The topological polar surface area (TPSA) is 109 Å². The van der Waals surface area contributed by atoms with Crippen LogP contribution in [0.3, 0.4) is 0 Å². The van der Waals surface area contributed by atoms with Gasteiger partial charge < -0.3 is 15.4 Å². The highest BCUT2D eigenvalue weighted by Crippen LogP contribution is 2.26. The van der Waals surface area contributed by atoms with Crippen LogP contribution in [0.4, 0.5) is 0 Å². The van der Waals surface area contributed by atoms with Crippen LogP contribution in [0.25, 0.3) is 0 Å². The van der Waals surface area contributed by atoms with Crippen LogP contribution in [0, 0.1) is 0 Å².